The number of phosphoric ester groups is 1. The Hall–Kier alpha value is -1.60. The Labute approximate surface area is 206 Å². The van der Waals surface area contributed by atoms with E-state index in [0.29, 0.717) is 13.0 Å². The van der Waals surface area contributed by atoms with Gasteiger partial charge in [-0.2, -0.15) is 13.2 Å². The first-order valence-corrected chi connectivity index (χ1v) is 13.4. The Balaban J connectivity index is 2.03. The summed E-state index contributed by atoms with van der Waals surface area (Å²) in [7, 11) is -4.75. The number of nitrogens with zero attached hydrogens (tertiary/aromatic N) is 2. The molecule has 0 saturated carbocycles. The molecule has 1 aromatic heterocycles. The maximum Gasteiger partial charge on any atom is 0.469 e. The zero-order valence-corrected chi connectivity index (χ0v) is 21.3. The number of unbranched alkanes of at least 4 members (excludes halogenated alkanes) is 4. The first kappa shape index (κ1) is 29.6. The molecule has 0 unspecified atom stereocenters. The number of nitrogens with two attached hydrogens (primary N) is 1. The van der Waals surface area contributed by atoms with Gasteiger partial charge in [-0.15, -0.1) is 10.2 Å². The number of hydrogen-bond donors (Lipinski definition) is 3. The smallest absolute Gasteiger partial charge is 0.469 e. The monoisotopic (exact) mass is 541 g/mol. The topological polar surface area (TPSA) is 137 Å². The summed E-state index contributed by atoms with van der Waals surface area (Å²) in [6, 6.07) is 3.63. The molecule has 0 bridgehead atoms. The molecule has 198 valence electrons. The zero-order valence-electron chi connectivity index (χ0n) is 19.6. The van der Waals surface area contributed by atoms with Gasteiger partial charge >= 0.3 is 14.0 Å². The summed E-state index contributed by atoms with van der Waals surface area (Å²) in [5.41, 5.74) is 3.84. The second-order valence-corrected chi connectivity index (χ2v) is 10.3. The summed E-state index contributed by atoms with van der Waals surface area (Å²) in [5.74, 6) is -0.263. The van der Waals surface area contributed by atoms with E-state index in [0.717, 1.165) is 49.7 Å². The highest BCUT2D eigenvalue weighted by Gasteiger charge is 2.35. The van der Waals surface area contributed by atoms with Crippen LogP contribution in [0.3, 0.4) is 0 Å². The Bertz CT molecular complexity index is 983. The predicted octanol–water partition coefficient (Wildman–Crippen LogP) is 4.87. The van der Waals surface area contributed by atoms with Crippen LogP contribution < -0.4 is 10.5 Å². The van der Waals surface area contributed by atoms with Crippen LogP contribution in [0, 0.1) is 0 Å². The zero-order chi connectivity index (χ0) is 26.1. The lowest BCUT2D eigenvalue weighted by molar-refractivity contribution is -0.138. The van der Waals surface area contributed by atoms with Gasteiger partial charge < -0.3 is 25.0 Å². The molecule has 0 radical (unpaired) electrons. The number of rotatable bonds is 15. The second kappa shape index (κ2) is 13.1. The van der Waals surface area contributed by atoms with Gasteiger partial charge in [-0.1, -0.05) is 30.6 Å². The van der Waals surface area contributed by atoms with Crippen LogP contribution in [0.1, 0.15) is 56.5 Å². The van der Waals surface area contributed by atoms with Crippen molar-refractivity contribution in [1.29, 1.82) is 0 Å². The second-order valence-electron chi connectivity index (χ2n) is 8.12. The molecule has 0 saturated heterocycles. The van der Waals surface area contributed by atoms with E-state index >= 15 is 0 Å². The average Bonchev–Trinajstić information content (AvgIpc) is 3.27. The van der Waals surface area contributed by atoms with Gasteiger partial charge in [-0.25, -0.2) is 4.57 Å². The van der Waals surface area contributed by atoms with Crippen LogP contribution in [0.2, 0.25) is 0 Å². The van der Waals surface area contributed by atoms with Crippen molar-refractivity contribution in [3.63, 3.8) is 0 Å². The molecule has 1 atom stereocenters. The fourth-order valence-electron chi connectivity index (χ4n) is 3.02. The minimum absolute atomic E-state index is 0.149. The first-order valence-electron chi connectivity index (χ1n) is 11.1. The van der Waals surface area contributed by atoms with Crippen LogP contribution in [0.15, 0.2) is 18.2 Å². The molecule has 4 N–H and O–H groups in total. The van der Waals surface area contributed by atoms with Gasteiger partial charge in [0.1, 0.15) is 15.8 Å². The van der Waals surface area contributed by atoms with Crippen molar-refractivity contribution in [3.8, 4) is 16.3 Å². The lowest BCUT2D eigenvalue weighted by Gasteiger charge is -2.21. The third kappa shape index (κ3) is 10.1. The van der Waals surface area contributed by atoms with Crippen molar-refractivity contribution in [2.24, 2.45) is 5.73 Å². The van der Waals surface area contributed by atoms with Gasteiger partial charge in [0.2, 0.25) is 0 Å². The Morgan fingerprint density at radius 2 is 1.74 bits per heavy atom. The SMILES string of the molecule is CCOCCCCCCCOc1ccc(-c2nnc([C@@](C)(N)COP(=O)(O)O)s2)cc1C(F)(F)F. The molecule has 2 aromatic rings. The van der Waals surface area contributed by atoms with Gasteiger partial charge in [0.25, 0.3) is 0 Å². The summed E-state index contributed by atoms with van der Waals surface area (Å²) in [4.78, 5) is 17.7. The summed E-state index contributed by atoms with van der Waals surface area (Å²) in [6.07, 6.45) is -0.235. The van der Waals surface area contributed by atoms with Crippen LogP contribution in [-0.2, 0) is 25.5 Å². The van der Waals surface area contributed by atoms with Gasteiger partial charge in [-0.05, 0) is 44.9 Å². The summed E-state index contributed by atoms with van der Waals surface area (Å²) in [5, 5.41) is 8.08. The molecule has 1 heterocycles. The Kier molecular flexibility index (Phi) is 11.1. The molecule has 0 aliphatic carbocycles. The molecule has 0 aliphatic rings. The first-order chi connectivity index (χ1) is 16.3. The van der Waals surface area contributed by atoms with E-state index in [4.69, 9.17) is 25.0 Å². The minimum atomic E-state index is -4.75. The van der Waals surface area contributed by atoms with E-state index in [9.17, 15) is 17.7 Å². The van der Waals surface area contributed by atoms with Crippen molar-refractivity contribution in [2.75, 3.05) is 26.4 Å². The number of alkyl halides is 3. The summed E-state index contributed by atoms with van der Waals surface area (Å²) >= 11 is 0.905. The van der Waals surface area contributed by atoms with Crippen LogP contribution in [-0.4, -0.2) is 46.4 Å². The predicted molar refractivity (Wildman–Crippen MR) is 125 cm³/mol. The quantitative estimate of drug-likeness (QED) is 0.213. The van der Waals surface area contributed by atoms with E-state index < -0.39 is 31.7 Å². The largest absolute Gasteiger partial charge is 0.493 e. The van der Waals surface area contributed by atoms with Crippen molar-refractivity contribution < 1.29 is 41.5 Å². The van der Waals surface area contributed by atoms with E-state index in [2.05, 4.69) is 14.7 Å². The number of halogens is 3. The highest BCUT2D eigenvalue weighted by molar-refractivity contribution is 7.46. The lowest BCUT2D eigenvalue weighted by Crippen LogP contribution is -2.37. The van der Waals surface area contributed by atoms with E-state index in [1.165, 1.54) is 19.1 Å². The van der Waals surface area contributed by atoms with Crippen molar-refractivity contribution >= 4 is 19.2 Å². The summed E-state index contributed by atoms with van der Waals surface area (Å²) in [6.45, 7) is 4.38. The van der Waals surface area contributed by atoms with Crippen LogP contribution in [0.25, 0.3) is 10.6 Å². The third-order valence-corrected chi connectivity index (χ3v) is 6.59. The van der Waals surface area contributed by atoms with Crippen molar-refractivity contribution in [3.05, 3.63) is 28.8 Å². The van der Waals surface area contributed by atoms with E-state index in [-0.39, 0.29) is 27.9 Å². The van der Waals surface area contributed by atoms with Crippen LogP contribution in [0.5, 0.6) is 5.75 Å². The van der Waals surface area contributed by atoms with E-state index in [1.807, 2.05) is 6.92 Å². The lowest BCUT2D eigenvalue weighted by atomic mass is 10.1. The molecular weight excluding hydrogens is 510 g/mol. The van der Waals surface area contributed by atoms with E-state index in [1.54, 1.807) is 0 Å². The number of hydrogen-bond acceptors (Lipinski definition) is 8. The van der Waals surface area contributed by atoms with Crippen molar-refractivity contribution in [1.82, 2.24) is 10.2 Å². The fraction of sp³-hybridized carbons (Fsp3) is 0.619. The molecule has 0 amide bonds. The molecule has 0 fully saturated rings. The van der Waals surface area contributed by atoms with Gasteiger partial charge in [0, 0.05) is 18.8 Å². The Morgan fingerprint density at radius 1 is 1.09 bits per heavy atom. The average molecular weight is 542 g/mol. The number of phosphoric acid groups is 1. The molecule has 0 spiro atoms. The highest BCUT2D eigenvalue weighted by Crippen LogP contribution is 2.41. The maximum atomic E-state index is 13.7. The Morgan fingerprint density at radius 3 is 2.37 bits per heavy atom. The molecule has 0 aliphatic heterocycles. The third-order valence-electron chi connectivity index (χ3n) is 4.87. The van der Waals surface area contributed by atoms with Crippen LogP contribution >= 0.6 is 19.2 Å². The molecule has 14 heteroatoms. The highest BCUT2D eigenvalue weighted by atomic mass is 32.1. The fourth-order valence-corrected chi connectivity index (χ4v) is 4.34. The minimum Gasteiger partial charge on any atom is -0.493 e. The van der Waals surface area contributed by atoms with Gasteiger partial charge in [0.05, 0.1) is 24.3 Å². The molecule has 35 heavy (non-hydrogen) atoms. The normalized spacial score (nSPS) is 14.2. The van der Waals surface area contributed by atoms with Crippen molar-refractivity contribution in [2.45, 2.75) is 57.7 Å². The molecule has 9 nitrogen and oxygen atoms in total. The molecule has 2 rings (SSSR count). The number of benzene rings is 1. The van der Waals surface area contributed by atoms with Gasteiger partial charge in [-0.3, -0.25) is 4.52 Å². The standard InChI is InChI=1S/C21H31F3N3O6PS/c1-3-31-11-7-5-4-6-8-12-32-17-10-9-15(13-16(17)21(22,23)24)18-26-27-19(35-18)20(2,25)14-33-34(28,29)30/h9-10,13H,3-8,11-12,14,25H2,1-2H3,(H2,28,29,30)/t20-/m0/s1. The van der Waals surface area contributed by atoms with Crippen LogP contribution in [0.4, 0.5) is 13.2 Å². The molecule has 1 aromatic carbocycles. The molecular formula is C21H31F3N3O6PS. The number of ether oxygens (including phenoxy) is 2. The number of aromatic nitrogens is 2. The van der Waals surface area contributed by atoms with Gasteiger partial charge in [0.15, 0.2) is 0 Å². The maximum absolute atomic E-state index is 13.7. The summed E-state index contributed by atoms with van der Waals surface area (Å²) < 4.78 is 67.2.